The highest BCUT2D eigenvalue weighted by Crippen LogP contribution is 2.21. The quantitative estimate of drug-likeness (QED) is 0.886. The van der Waals surface area contributed by atoms with Crippen molar-refractivity contribution in [1.29, 1.82) is 0 Å². The van der Waals surface area contributed by atoms with E-state index in [1.807, 2.05) is 5.51 Å². The molecule has 3 heteroatoms. The van der Waals surface area contributed by atoms with E-state index >= 15 is 0 Å². The minimum atomic E-state index is 0.288. The van der Waals surface area contributed by atoms with E-state index in [0.717, 1.165) is 5.69 Å². The van der Waals surface area contributed by atoms with Crippen LogP contribution in [0.1, 0.15) is 42.8 Å². The Balaban J connectivity index is 2.07. The maximum Gasteiger partial charge on any atom is 0.0795 e. The van der Waals surface area contributed by atoms with Crippen LogP contribution in [0.2, 0.25) is 0 Å². The van der Waals surface area contributed by atoms with Crippen LogP contribution in [0.25, 0.3) is 0 Å². The Hall–Kier alpha value is -1.19. The molecule has 0 fully saturated rings. The second-order valence-electron chi connectivity index (χ2n) is 4.38. The zero-order valence-electron chi connectivity index (χ0n) is 10.5. The van der Waals surface area contributed by atoms with Gasteiger partial charge in [0.1, 0.15) is 0 Å². The van der Waals surface area contributed by atoms with Gasteiger partial charge in [0.25, 0.3) is 0 Å². The summed E-state index contributed by atoms with van der Waals surface area (Å²) in [4.78, 5) is 4.34. The van der Waals surface area contributed by atoms with Crippen molar-refractivity contribution in [2.75, 3.05) is 0 Å². The van der Waals surface area contributed by atoms with Gasteiger partial charge in [-0.15, -0.1) is 11.3 Å². The first-order valence-electron chi connectivity index (χ1n) is 5.88. The van der Waals surface area contributed by atoms with Gasteiger partial charge >= 0.3 is 0 Å². The minimum Gasteiger partial charge on any atom is -0.302 e. The fourth-order valence-electron chi connectivity index (χ4n) is 2.06. The van der Waals surface area contributed by atoms with Gasteiger partial charge in [0.2, 0.25) is 0 Å². The predicted molar refractivity (Wildman–Crippen MR) is 73.3 cm³/mol. The van der Waals surface area contributed by atoms with Crippen LogP contribution < -0.4 is 5.32 Å². The smallest absolute Gasteiger partial charge is 0.0795 e. The number of aromatic nitrogens is 1. The van der Waals surface area contributed by atoms with Crippen molar-refractivity contribution in [3.63, 3.8) is 0 Å². The molecule has 0 amide bonds. The average Bonchev–Trinajstić information content (AvgIpc) is 2.82. The molecule has 1 unspecified atom stereocenters. The molecule has 2 aromatic rings. The molecule has 2 atom stereocenters. The molecule has 1 aromatic carbocycles. The number of hydrogen-bond donors (Lipinski definition) is 1. The van der Waals surface area contributed by atoms with Crippen LogP contribution in [0, 0.1) is 6.92 Å². The number of hydrogen-bond acceptors (Lipinski definition) is 3. The van der Waals surface area contributed by atoms with E-state index in [1.54, 1.807) is 11.3 Å². The molecular weight excluding hydrogens is 228 g/mol. The van der Waals surface area contributed by atoms with Crippen LogP contribution in [0.3, 0.4) is 0 Å². The maximum absolute atomic E-state index is 4.34. The van der Waals surface area contributed by atoms with Crippen molar-refractivity contribution in [3.05, 3.63) is 52.0 Å². The number of nitrogens with one attached hydrogen (secondary N) is 1. The molecular formula is C14H18N2S. The molecule has 0 aliphatic heterocycles. The molecule has 1 N–H and O–H groups in total. The highest BCUT2D eigenvalue weighted by Gasteiger charge is 2.13. The van der Waals surface area contributed by atoms with Crippen molar-refractivity contribution in [2.45, 2.75) is 32.9 Å². The van der Waals surface area contributed by atoms with Gasteiger partial charge < -0.3 is 5.32 Å². The average molecular weight is 246 g/mol. The summed E-state index contributed by atoms with van der Waals surface area (Å²) in [5, 5.41) is 5.68. The Bertz CT molecular complexity index is 465. The van der Waals surface area contributed by atoms with E-state index in [9.17, 15) is 0 Å². The predicted octanol–water partition coefficient (Wildman–Crippen LogP) is 3.86. The van der Waals surface area contributed by atoms with E-state index in [2.05, 4.69) is 60.7 Å². The van der Waals surface area contributed by atoms with E-state index in [-0.39, 0.29) is 6.04 Å². The standard InChI is InChI=1S/C14H18N2S/c1-10-6-4-5-7-13(10)11(2)16-12(3)14-8-17-9-15-14/h4-9,11-12,16H,1-3H3/t11-,12?/m1/s1. The number of rotatable bonds is 4. The molecule has 2 rings (SSSR count). The normalized spacial score (nSPS) is 14.5. The van der Waals surface area contributed by atoms with Crippen molar-refractivity contribution >= 4 is 11.3 Å². The first-order valence-corrected chi connectivity index (χ1v) is 6.82. The molecule has 0 saturated carbocycles. The number of aryl methyl sites for hydroxylation is 1. The van der Waals surface area contributed by atoms with Gasteiger partial charge in [-0.1, -0.05) is 24.3 Å². The zero-order valence-corrected chi connectivity index (χ0v) is 11.3. The molecule has 0 aliphatic carbocycles. The molecule has 0 bridgehead atoms. The van der Waals surface area contributed by atoms with Gasteiger partial charge in [0.15, 0.2) is 0 Å². The first kappa shape index (κ1) is 12.3. The third-order valence-electron chi connectivity index (χ3n) is 3.05. The summed E-state index contributed by atoms with van der Waals surface area (Å²) < 4.78 is 0. The van der Waals surface area contributed by atoms with Crippen molar-refractivity contribution < 1.29 is 0 Å². The Kier molecular flexibility index (Phi) is 3.92. The van der Waals surface area contributed by atoms with Crippen molar-refractivity contribution in [1.82, 2.24) is 10.3 Å². The third-order valence-corrected chi connectivity index (χ3v) is 3.65. The molecule has 0 saturated heterocycles. The summed E-state index contributed by atoms with van der Waals surface area (Å²) >= 11 is 1.64. The van der Waals surface area contributed by atoms with Gasteiger partial charge in [-0.25, -0.2) is 4.98 Å². The third kappa shape index (κ3) is 2.93. The Labute approximate surface area is 107 Å². The highest BCUT2D eigenvalue weighted by molar-refractivity contribution is 7.07. The Morgan fingerprint density at radius 3 is 2.59 bits per heavy atom. The number of nitrogens with zero attached hydrogens (tertiary/aromatic N) is 1. The fraction of sp³-hybridized carbons (Fsp3) is 0.357. The largest absolute Gasteiger partial charge is 0.302 e. The second-order valence-corrected chi connectivity index (χ2v) is 5.10. The number of benzene rings is 1. The van der Waals surface area contributed by atoms with Crippen LogP contribution >= 0.6 is 11.3 Å². The minimum absolute atomic E-state index is 0.288. The summed E-state index contributed by atoms with van der Waals surface area (Å²) in [6.07, 6.45) is 0. The van der Waals surface area contributed by atoms with Crippen molar-refractivity contribution in [2.24, 2.45) is 0 Å². The molecule has 0 aliphatic rings. The molecule has 1 heterocycles. The van der Waals surface area contributed by atoms with Crippen LogP contribution in [0.5, 0.6) is 0 Å². The monoisotopic (exact) mass is 246 g/mol. The summed E-state index contributed by atoms with van der Waals surface area (Å²) in [7, 11) is 0. The molecule has 1 aromatic heterocycles. The van der Waals surface area contributed by atoms with E-state index in [4.69, 9.17) is 0 Å². The van der Waals surface area contributed by atoms with Crippen LogP contribution in [0.15, 0.2) is 35.2 Å². The lowest BCUT2D eigenvalue weighted by Crippen LogP contribution is -2.23. The summed E-state index contributed by atoms with van der Waals surface area (Å²) in [6, 6.07) is 9.13. The SMILES string of the molecule is Cc1ccccc1[C@@H](C)NC(C)c1cscn1. The van der Waals surface area contributed by atoms with E-state index in [1.165, 1.54) is 11.1 Å². The summed E-state index contributed by atoms with van der Waals surface area (Å²) in [5.41, 5.74) is 5.69. The van der Waals surface area contributed by atoms with Crippen LogP contribution in [-0.4, -0.2) is 4.98 Å². The van der Waals surface area contributed by atoms with Gasteiger partial charge in [-0.05, 0) is 31.9 Å². The molecule has 17 heavy (non-hydrogen) atoms. The van der Waals surface area contributed by atoms with Crippen LogP contribution in [0.4, 0.5) is 0 Å². The van der Waals surface area contributed by atoms with E-state index in [0.29, 0.717) is 6.04 Å². The summed E-state index contributed by atoms with van der Waals surface area (Å²) in [6.45, 7) is 6.51. The van der Waals surface area contributed by atoms with Crippen molar-refractivity contribution in [3.8, 4) is 0 Å². The molecule has 0 spiro atoms. The van der Waals surface area contributed by atoms with E-state index < -0.39 is 0 Å². The second kappa shape index (κ2) is 5.43. The van der Waals surface area contributed by atoms with Gasteiger partial charge in [0, 0.05) is 17.5 Å². The van der Waals surface area contributed by atoms with Crippen LogP contribution in [-0.2, 0) is 0 Å². The first-order chi connectivity index (χ1) is 8.18. The lowest BCUT2D eigenvalue weighted by Gasteiger charge is -2.20. The summed E-state index contributed by atoms with van der Waals surface area (Å²) in [5.74, 6) is 0. The number of thiazole rings is 1. The Morgan fingerprint density at radius 2 is 1.94 bits per heavy atom. The molecule has 0 radical (unpaired) electrons. The zero-order chi connectivity index (χ0) is 12.3. The highest BCUT2D eigenvalue weighted by atomic mass is 32.1. The topological polar surface area (TPSA) is 24.9 Å². The lowest BCUT2D eigenvalue weighted by molar-refractivity contribution is 0.486. The maximum atomic E-state index is 4.34. The molecule has 90 valence electrons. The lowest BCUT2D eigenvalue weighted by atomic mass is 10.0. The van der Waals surface area contributed by atoms with Gasteiger partial charge in [-0.2, -0.15) is 0 Å². The molecule has 2 nitrogen and oxygen atoms in total. The fourth-order valence-corrected chi connectivity index (χ4v) is 2.71. The Morgan fingerprint density at radius 1 is 1.18 bits per heavy atom. The van der Waals surface area contributed by atoms with Gasteiger partial charge in [-0.3, -0.25) is 0 Å². The van der Waals surface area contributed by atoms with Gasteiger partial charge in [0.05, 0.1) is 11.2 Å².